The molecule has 0 aliphatic carbocycles. The van der Waals surface area contributed by atoms with Gasteiger partial charge in [-0.2, -0.15) is 0 Å². The van der Waals surface area contributed by atoms with Gasteiger partial charge in [-0.15, -0.1) is 0 Å². The molecule has 7 nitrogen and oxygen atoms in total. The molecule has 8 heteroatoms. The predicted molar refractivity (Wildman–Crippen MR) is 62.8 cm³/mol. The normalized spacial score (nSPS) is 18.9. The van der Waals surface area contributed by atoms with Crippen molar-refractivity contribution in [3.63, 3.8) is 0 Å². The number of halogens is 1. The molecule has 1 fully saturated rings. The third-order valence-electron chi connectivity index (χ3n) is 2.73. The SMILES string of the molecule is O=C1CCC(Nc2ccc(F)cc2[N+](=O)[O-])C(=O)N1. The Labute approximate surface area is 106 Å². The smallest absolute Gasteiger partial charge is 0.295 e. The summed E-state index contributed by atoms with van der Waals surface area (Å²) in [6.45, 7) is 0. The lowest BCUT2D eigenvalue weighted by molar-refractivity contribution is -0.384. The summed E-state index contributed by atoms with van der Waals surface area (Å²) in [6.07, 6.45) is 0.387. The molecule has 2 amide bonds. The van der Waals surface area contributed by atoms with E-state index in [1.807, 2.05) is 0 Å². The summed E-state index contributed by atoms with van der Waals surface area (Å²) in [5.74, 6) is -1.66. The van der Waals surface area contributed by atoms with Gasteiger partial charge in [0, 0.05) is 6.42 Å². The number of carbonyl (C=O) groups is 2. The Morgan fingerprint density at radius 3 is 2.79 bits per heavy atom. The zero-order valence-corrected chi connectivity index (χ0v) is 9.68. The first-order valence-corrected chi connectivity index (χ1v) is 5.51. The summed E-state index contributed by atoms with van der Waals surface area (Å²) in [7, 11) is 0. The average Bonchev–Trinajstić information content (AvgIpc) is 2.34. The van der Waals surface area contributed by atoms with Crippen LogP contribution < -0.4 is 10.6 Å². The highest BCUT2D eigenvalue weighted by Crippen LogP contribution is 2.26. The summed E-state index contributed by atoms with van der Waals surface area (Å²) in [4.78, 5) is 32.5. The van der Waals surface area contributed by atoms with Crippen LogP contribution in [0.15, 0.2) is 18.2 Å². The molecule has 2 N–H and O–H groups in total. The number of imide groups is 1. The molecule has 0 aromatic heterocycles. The molecule has 0 radical (unpaired) electrons. The van der Waals surface area contributed by atoms with E-state index in [-0.39, 0.29) is 24.4 Å². The second kappa shape index (κ2) is 5.01. The lowest BCUT2D eigenvalue weighted by Crippen LogP contribution is -2.47. The number of carbonyl (C=O) groups excluding carboxylic acids is 2. The third-order valence-corrected chi connectivity index (χ3v) is 2.73. The van der Waals surface area contributed by atoms with Gasteiger partial charge in [-0.3, -0.25) is 25.0 Å². The number of benzene rings is 1. The maximum Gasteiger partial charge on any atom is 0.295 e. The molecule has 1 unspecified atom stereocenters. The minimum Gasteiger partial charge on any atom is -0.368 e. The van der Waals surface area contributed by atoms with E-state index in [1.54, 1.807) is 0 Å². The average molecular weight is 267 g/mol. The Morgan fingerprint density at radius 2 is 2.16 bits per heavy atom. The van der Waals surface area contributed by atoms with E-state index in [2.05, 4.69) is 10.6 Å². The van der Waals surface area contributed by atoms with E-state index in [0.717, 1.165) is 12.1 Å². The monoisotopic (exact) mass is 267 g/mol. The first-order valence-electron chi connectivity index (χ1n) is 5.51. The van der Waals surface area contributed by atoms with E-state index in [1.165, 1.54) is 6.07 Å². The van der Waals surface area contributed by atoms with Gasteiger partial charge in [0.2, 0.25) is 11.8 Å². The molecule has 1 saturated heterocycles. The largest absolute Gasteiger partial charge is 0.368 e. The molecule has 19 heavy (non-hydrogen) atoms. The van der Waals surface area contributed by atoms with Crippen LogP contribution in [-0.4, -0.2) is 22.8 Å². The van der Waals surface area contributed by atoms with Crippen molar-refractivity contribution in [2.75, 3.05) is 5.32 Å². The number of nitrogens with zero attached hydrogens (tertiary/aromatic N) is 1. The minimum atomic E-state index is -0.748. The van der Waals surface area contributed by atoms with Crippen molar-refractivity contribution in [1.29, 1.82) is 0 Å². The molecule has 100 valence electrons. The summed E-state index contributed by atoms with van der Waals surface area (Å²) >= 11 is 0. The predicted octanol–water partition coefficient (Wildman–Crippen LogP) is 0.951. The van der Waals surface area contributed by atoms with Crippen LogP contribution in [0.5, 0.6) is 0 Å². The Bertz CT molecular complexity index is 561. The number of rotatable bonds is 3. The third kappa shape index (κ3) is 2.84. The van der Waals surface area contributed by atoms with Crippen molar-refractivity contribution in [1.82, 2.24) is 5.32 Å². The highest BCUT2D eigenvalue weighted by atomic mass is 19.1. The molecule has 0 bridgehead atoms. The molecular weight excluding hydrogens is 257 g/mol. The molecular formula is C11H10FN3O4. The maximum absolute atomic E-state index is 13.0. The van der Waals surface area contributed by atoms with Crippen molar-refractivity contribution in [3.05, 3.63) is 34.1 Å². The number of nitrogens with one attached hydrogen (secondary N) is 2. The molecule has 1 aliphatic heterocycles. The van der Waals surface area contributed by atoms with Crippen LogP contribution in [0.3, 0.4) is 0 Å². The van der Waals surface area contributed by atoms with Crippen molar-refractivity contribution >= 4 is 23.2 Å². The van der Waals surface area contributed by atoms with Crippen LogP contribution in [0.2, 0.25) is 0 Å². The van der Waals surface area contributed by atoms with Crippen LogP contribution in [0.4, 0.5) is 15.8 Å². The molecule has 2 rings (SSSR count). The van der Waals surface area contributed by atoms with Crippen molar-refractivity contribution in [2.24, 2.45) is 0 Å². The van der Waals surface area contributed by atoms with Gasteiger partial charge >= 0.3 is 0 Å². The Morgan fingerprint density at radius 1 is 1.42 bits per heavy atom. The first kappa shape index (κ1) is 12.9. The minimum absolute atomic E-state index is 0.0425. The summed E-state index contributed by atoms with van der Waals surface area (Å²) < 4.78 is 13.0. The highest BCUT2D eigenvalue weighted by Gasteiger charge is 2.28. The summed E-state index contributed by atoms with van der Waals surface area (Å²) in [5.41, 5.74) is -0.411. The molecule has 0 spiro atoms. The quantitative estimate of drug-likeness (QED) is 0.482. The lowest BCUT2D eigenvalue weighted by atomic mass is 10.1. The highest BCUT2D eigenvalue weighted by molar-refractivity contribution is 6.01. The Hall–Kier alpha value is -2.51. The Kier molecular flexibility index (Phi) is 3.41. The zero-order chi connectivity index (χ0) is 14.0. The number of amides is 2. The molecule has 1 aromatic carbocycles. The number of hydrogen-bond donors (Lipinski definition) is 2. The van der Waals surface area contributed by atoms with E-state index in [0.29, 0.717) is 0 Å². The maximum atomic E-state index is 13.0. The molecule has 1 heterocycles. The van der Waals surface area contributed by atoms with Gasteiger partial charge in [0.25, 0.3) is 5.69 Å². The van der Waals surface area contributed by atoms with Crippen LogP contribution in [-0.2, 0) is 9.59 Å². The molecule has 1 aromatic rings. The number of piperidine rings is 1. The fourth-order valence-electron chi connectivity index (χ4n) is 1.80. The van der Waals surface area contributed by atoms with E-state index >= 15 is 0 Å². The second-order valence-electron chi connectivity index (χ2n) is 4.07. The van der Waals surface area contributed by atoms with Gasteiger partial charge in [-0.05, 0) is 18.6 Å². The number of anilines is 1. The van der Waals surface area contributed by atoms with Gasteiger partial charge in [-0.25, -0.2) is 4.39 Å². The summed E-state index contributed by atoms with van der Waals surface area (Å²) in [6, 6.07) is 2.27. The fourth-order valence-corrected chi connectivity index (χ4v) is 1.80. The molecule has 1 aliphatic rings. The number of nitro groups is 1. The number of hydrogen-bond acceptors (Lipinski definition) is 5. The van der Waals surface area contributed by atoms with Crippen molar-refractivity contribution < 1.29 is 18.9 Å². The van der Waals surface area contributed by atoms with Crippen LogP contribution in [0.1, 0.15) is 12.8 Å². The lowest BCUT2D eigenvalue weighted by Gasteiger charge is -2.22. The topological polar surface area (TPSA) is 101 Å². The van der Waals surface area contributed by atoms with E-state index in [4.69, 9.17) is 0 Å². The van der Waals surface area contributed by atoms with Gasteiger partial charge in [0.1, 0.15) is 17.5 Å². The van der Waals surface area contributed by atoms with Crippen molar-refractivity contribution in [2.45, 2.75) is 18.9 Å². The first-order chi connectivity index (χ1) is 8.97. The molecule has 0 saturated carbocycles. The van der Waals surface area contributed by atoms with Crippen LogP contribution in [0, 0.1) is 15.9 Å². The number of nitro benzene ring substituents is 1. The van der Waals surface area contributed by atoms with E-state index in [9.17, 15) is 24.1 Å². The van der Waals surface area contributed by atoms with Gasteiger partial charge in [0.15, 0.2) is 0 Å². The van der Waals surface area contributed by atoms with Gasteiger partial charge in [0.05, 0.1) is 11.0 Å². The van der Waals surface area contributed by atoms with Crippen LogP contribution in [0.25, 0.3) is 0 Å². The van der Waals surface area contributed by atoms with Gasteiger partial charge < -0.3 is 5.32 Å². The van der Waals surface area contributed by atoms with Crippen molar-refractivity contribution in [3.8, 4) is 0 Å². The van der Waals surface area contributed by atoms with Gasteiger partial charge in [-0.1, -0.05) is 0 Å². The standard InChI is InChI=1S/C11H10FN3O4/c12-6-1-2-7(9(5-6)15(18)19)13-8-3-4-10(16)14-11(8)17/h1-2,5,8,13H,3-4H2,(H,14,16,17). The zero-order valence-electron chi connectivity index (χ0n) is 9.68. The fraction of sp³-hybridized carbons (Fsp3) is 0.273. The Balaban J connectivity index is 2.21. The second-order valence-corrected chi connectivity index (χ2v) is 4.07. The van der Waals surface area contributed by atoms with Crippen LogP contribution >= 0.6 is 0 Å². The summed E-state index contributed by atoms with van der Waals surface area (Å²) in [5, 5.41) is 15.6. The van der Waals surface area contributed by atoms with E-state index < -0.39 is 28.4 Å². The molecule has 1 atom stereocenters.